The van der Waals surface area contributed by atoms with Crippen molar-refractivity contribution < 1.29 is 13.9 Å². The summed E-state index contributed by atoms with van der Waals surface area (Å²) in [5.74, 6) is 0.116. The van der Waals surface area contributed by atoms with Gasteiger partial charge >= 0.3 is 0 Å². The van der Waals surface area contributed by atoms with Crippen molar-refractivity contribution in [2.75, 3.05) is 14.2 Å². The van der Waals surface area contributed by atoms with Crippen LogP contribution < -0.4 is 0 Å². The number of rotatable bonds is 5. The van der Waals surface area contributed by atoms with Crippen molar-refractivity contribution >= 4 is 28.5 Å². The molecule has 0 N–H and O–H groups in total. The normalized spacial score (nSPS) is 11.0. The molecule has 4 nitrogen and oxygen atoms in total. The summed E-state index contributed by atoms with van der Waals surface area (Å²) < 4.78 is 11.0. The van der Waals surface area contributed by atoms with Gasteiger partial charge in [0.05, 0.1) is 6.61 Å². The molecule has 24 heavy (non-hydrogen) atoms. The highest BCUT2D eigenvalue weighted by Gasteiger charge is 2.23. The van der Waals surface area contributed by atoms with Gasteiger partial charge in [-0.05, 0) is 17.7 Å². The van der Waals surface area contributed by atoms with Crippen LogP contribution in [-0.4, -0.2) is 25.0 Å². The van der Waals surface area contributed by atoms with Crippen molar-refractivity contribution in [1.29, 1.82) is 0 Å². The van der Waals surface area contributed by atoms with E-state index < -0.39 is 0 Å². The lowest BCUT2D eigenvalue weighted by molar-refractivity contribution is 0.0749. The SMILES string of the molecule is COCc1c(C(=O)N(C)Cc2ccccc2Cl)oc2ccccc12. The van der Waals surface area contributed by atoms with Crippen LogP contribution in [0.2, 0.25) is 5.02 Å². The average molecular weight is 344 g/mol. The molecule has 3 rings (SSSR count). The predicted octanol–water partition coefficient (Wildman–Crippen LogP) is 4.50. The number of nitrogens with zero attached hydrogens (tertiary/aromatic N) is 1. The van der Waals surface area contributed by atoms with Gasteiger partial charge in [0.2, 0.25) is 0 Å². The van der Waals surface area contributed by atoms with Crippen molar-refractivity contribution in [2.24, 2.45) is 0 Å². The maximum absolute atomic E-state index is 12.9. The van der Waals surface area contributed by atoms with Gasteiger partial charge in [-0.1, -0.05) is 48.0 Å². The first-order chi connectivity index (χ1) is 11.6. The number of carbonyl (C=O) groups excluding carboxylic acids is 1. The van der Waals surface area contributed by atoms with E-state index in [-0.39, 0.29) is 5.91 Å². The van der Waals surface area contributed by atoms with Gasteiger partial charge in [-0.25, -0.2) is 0 Å². The molecule has 124 valence electrons. The zero-order valence-corrected chi connectivity index (χ0v) is 14.3. The molecule has 0 aliphatic heterocycles. The third-order valence-electron chi connectivity index (χ3n) is 3.89. The van der Waals surface area contributed by atoms with E-state index in [0.717, 1.165) is 16.5 Å². The summed E-state index contributed by atoms with van der Waals surface area (Å²) >= 11 is 6.18. The first-order valence-corrected chi connectivity index (χ1v) is 7.98. The van der Waals surface area contributed by atoms with Crippen LogP contribution in [0.5, 0.6) is 0 Å². The Labute approximate surface area is 145 Å². The molecule has 0 bridgehead atoms. The molecular formula is C19H18ClNO3. The molecule has 0 atom stereocenters. The molecule has 0 aliphatic carbocycles. The van der Waals surface area contributed by atoms with Gasteiger partial charge < -0.3 is 14.1 Å². The van der Waals surface area contributed by atoms with Crippen LogP contribution in [0.4, 0.5) is 0 Å². The van der Waals surface area contributed by atoms with Crippen molar-refractivity contribution in [3.63, 3.8) is 0 Å². The third-order valence-corrected chi connectivity index (χ3v) is 4.26. The Balaban J connectivity index is 1.93. The van der Waals surface area contributed by atoms with Crippen LogP contribution in [0.15, 0.2) is 52.9 Å². The summed E-state index contributed by atoms with van der Waals surface area (Å²) in [5, 5.41) is 1.53. The van der Waals surface area contributed by atoms with Crippen molar-refractivity contribution in [3.05, 3.63) is 70.4 Å². The summed E-state index contributed by atoms with van der Waals surface area (Å²) in [6.45, 7) is 0.722. The Bertz CT molecular complexity index is 872. The van der Waals surface area contributed by atoms with Crippen LogP contribution in [-0.2, 0) is 17.9 Å². The van der Waals surface area contributed by atoms with E-state index in [4.69, 9.17) is 20.8 Å². The molecule has 0 unspecified atom stereocenters. The average Bonchev–Trinajstić information content (AvgIpc) is 2.95. The summed E-state index contributed by atoms with van der Waals surface area (Å²) in [5.41, 5.74) is 2.34. The third kappa shape index (κ3) is 3.16. The van der Waals surface area contributed by atoms with Crippen LogP contribution in [0.3, 0.4) is 0 Å². The molecule has 3 aromatic rings. The minimum atomic E-state index is -0.196. The van der Waals surface area contributed by atoms with Crippen LogP contribution in [0.1, 0.15) is 21.7 Å². The lowest BCUT2D eigenvalue weighted by Crippen LogP contribution is -2.26. The number of fused-ring (bicyclic) bond motifs is 1. The lowest BCUT2D eigenvalue weighted by atomic mass is 10.1. The van der Waals surface area contributed by atoms with E-state index in [0.29, 0.717) is 29.5 Å². The maximum atomic E-state index is 12.9. The first kappa shape index (κ1) is 16.6. The minimum absolute atomic E-state index is 0.196. The molecule has 2 aromatic carbocycles. The van der Waals surface area contributed by atoms with Crippen LogP contribution >= 0.6 is 11.6 Å². The highest BCUT2D eigenvalue weighted by molar-refractivity contribution is 6.31. The Kier molecular flexibility index (Phi) is 4.88. The molecule has 1 amide bonds. The Hall–Kier alpha value is -2.30. The number of carbonyl (C=O) groups is 1. The highest BCUT2D eigenvalue weighted by Crippen LogP contribution is 2.28. The smallest absolute Gasteiger partial charge is 0.290 e. The van der Waals surface area contributed by atoms with E-state index in [9.17, 15) is 4.79 Å². The van der Waals surface area contributed by atoms with Gasteiger partial charge in [0.15, 0.2) is 5.76 Å². The zero-order valence-electron chi connectivity index (χ0n) is 13.6. The Morgan fingerprint density at radius 1 is 1.17 bits per heavy atom. The van der Waals surface area contributed by atoms with Crippen LogP contribution in [0, 0.1) is 0 Å². The molecular weight excluding hydrogens is 326 g/mol. The molecule has 0 spiro atoms. The number of hydrogen-bond acceptors (Lipinski definition) is 3. The quantitative estimate of drug-likeness (QED) is 0.684. The minimum Gasteiger partial charge on any atom is -0.451 e. The summed E-state index contributed by atoms with van der Waals surface area (Å²) in [7, 11) is 3.33. The molecule has 5 heteroatoms. The second kappa shape index (κ2) is 7.07. The van der Waals surface area contributed by atoms with Gasteiger partial charge in [-0.15, -0.1) is 0 Å². The fourth-order valence-corrected chi connectivity index (χ4v) is 2.88. The number of hydrogen-bond donors (Lipinski definition) is 0. The number of furan rings is 1. The van der Waals surface area contributed by atoms with E-state index >= 15 is 0 Å². The molecule has 0 aliphatic rings. The zero-order chi connectivity index (χ0) is 17.1. The summed E-state index contributed by atoms with van der Waals surface area (Å²) in [4.78, 5) is 14.5. The van der Waals surface area contributed by atoms with Gasteiger partial charge in [0.25, 0.3) is 5.91 Å². The van der Waals surface area contributed by atoms with Crippen molar-refractivity contribution in [3.8, 4) is 0 Å². The molecule has 0 fully saturated rings. The van der Waals surface area contributed by atoms with Crippen LogP contribution in [0.25, 0.3) is 11.0 Å². The fraction of sp³-hybridized carbons (Fsp3) is 0.211. The predicted molar refractivity (Wildman–Crippen MR) is 94.2 cm³/mol. The number of methoxy groups -OCH3 is 1. The van der Waals surface area contributed by atoms with Gasteiger partial charge in [0.1, 0.15) is 5.58 Å². The van der Waals surface area contributed by atoms with Crippen molar-refractivity contribution in [2.45, 2.75) is 13.2 Å². The molecule has 1 heterocycles. The molecule has 0 saturated carbocycles. The molecule has 0 radical (unpaired) electrons. The molecule has 0 saturated heterocycles. The Morgan fingerprint density at radius 3 is 2.62 bits per heavy atom. The lowest BCUT2D eigenvalue weighted by Gasteiger charge is -2.17. The monoisotopic (exact) mass is 343 g/mol. The van der Waals surface area contributed by atoms with Crippen molar-refractivity contribution in [1.82, 2.24) is 4.90 Å². The number of ether oxygens (including phenoxy) is 1. The topological polar surface area (TPSA) is 42.7 Å². The summed E-state index contributed by atoms with van der Waals surface area (Å²) in [6.07, 6.45) is 0. The largest absolute Gasteiger partial charge is 0.451 e. The second-order valence-electron chi connectivity index (χ2n) is 5.59. The van der Waals surface area contributed by atoms with Gasteiger partial charge in [0, 0.05) is 36.7 Å². The van der Waals surface area contributed by atoms with E-state index in [1.54, 1.807) is 19.1 Å². The standard InChI is InChI=1S/C19H18ClNO3/c1-21(11-13-7-3-5-9-16(13)20)19(22)18-15(12-23-2)14-8-4-6-10-17(14)24-18/h3-10H,11-12H2,1-2H3. The fourth-order valence-electron chi connectivity index (χ4n) is 2.69. The number of benzene rings is 2. The number of amides is 1. The number of para-hydroxylation sites is 1. The van der Waals surface area contributed by atoms with E-state index in [1.165, 1.54) is 0 Å². The summed E-state index contributed by atoms with van der Waals surface area (Å²) in [6, 6.07) is 15.1. The maximum Gasteiger partial charge on any atom is 0.290 e. The second-order valence-corrected chi connectivity index (χ2v) is 6.00. The van der Waals surface area contributed by atoms with Gasteiger partial charge in [-0.3, -0.25) is 4.79 Å². The van der Waals surface area contributed by atoms with Gasteiger partial charge in [-0.2, -0.15) is 0 Å². The first-order valence-electron chi connectivity index (χ1n) is 7.60. The Morgan fingerprint density at radius 2 is 1.88 bits per heavy atom. The van der Waals surface area contributed by atoms with E-state index in [2.05, 4.69) is 0 Å². The number of halogens is 1. The highest BCUT2D eigenvalue weighted by atomic mass is 35.5. The molecule has 1 aromatic heterocycles. The van der Waals surface area contributed by atoms with E-state index in [1.807, 2.05) is 48.5 Å².